The zero-order valence-corrected chi connectivity index (χ0v) is 14.0. The van der Waals surface area contributed by atoms with Crippen LogP contribution in [0.15, 0.2) is 12.7 Å². The molecule has 4 rings (SSSR count). The highest BCUT2D eigenvalue weighted by Crippen LogP contribution is 2.52. The summed E-state index contributed by atoms with van der Waals surface area (Å²) in [5.74, 6) is -3.70. The fourth-order valence-electron chi connectivity index (χ4n) is 4.25. The second-order valence-corrected chi connectivity index (χ2v) is 7.55. The van der Waals surface area contributed by atoms with E-state index in [-0.39, 0.29) is 37.2 Å². The summed E-state index contributed by atoms with van der Waals surface area (Å²) in [6, 6.07) is 0. The van der Waals surface area contributed by atoms with E-state index in [9.17, 15) is 23.2 Å². The highest BCUT2D eigenvalue weighted by atomic mass is 19.3. The maximum Gasteiger partial charge on any atom is 0.267 e. The van der Waals surface area contributed by atoms with Crippen LogP contribution >= 0.6 is 0 Å². The Morgan fingerprint density at radius 3 is 2.20 bits per heavy atom. The van der Waals surface area contributed by atoms with Gasteiger partial charge in [0.1, 0.15) is 11.1 Å². The van der Waals surface area contributed by atoms with Gasteiger partial charge in [-0.25, -0.2) is 8.78 Å². The molecule has 0 aromatic heterocycles. The molecule has 2 saturated carbocycles. The van der Waals surface area contributed by atoms with Gasteiger partial charge in [-0.3, -0.25) is 14.4 Å². The van der Waals surface area contributed by atoms with Gasteiger partial charge in [0.2, 0.25) is 17.7 Å². The third-order valence-corrected chi connectivity index (χ3v) is 5.97. The smallest absolute Gasteiger partial charge is 0.267 e. The fraction of sp³-hybridized carbons (Fsp3) is 0.706. The van der Waals surface area contributed by atoms with Crippen molar-refractivity contribution in [2.24, 2.45) is 0 Å². The Morgan fingerprint density at radius 2 is 1.72 bits per heavy atom. The SMILES string of the molecule is C=CC(=O)N1CCN(C2(C(=O)N3CCC(F)(F)C3)CC2)C(=O)C12CC2. The van der Waals surface area contributed by atoms with Crippen molar-refractivity contribution in [1.82, 2.24) is 14.7 Å². The minimum absolute atomic E-state index is 0.0296. The van der Waals surface area contributed by atoms with Gasteiger partial charge < -0.3 is 14.7 Å². The summed E-state index contributed by atoms with van der Waals surface area (Å²) in [5.41, 5.74) is -1.83. The van der Waals surface area contributed by atoms with Crippen molar-refractivity contribution in [1.29, 1.82) is 0 Å². The molecular weight excluding hydrogens is 332 g/mol. The largest absolute Gasteiger partial charge is 0.334 e. The Balaban J connectivity index is 1.55. The molecule has 0 radical (unpaired) electrons. The molecule has 2 aliphatic heterocycles. The van der Waals surface area contributed by atoms with Crippen LogP contribution in [-0.4, -0.2) is 75.6 Å². The van der Waals surface area contributed by atoms with E-state index < -0.39 is 23.5 Å². The van der Waals surface area contributed by atoms with Crippen molar-refractivity contribution in [2.45, 2.75) is 49.1 Å². The Kier molecular flexibility index (Phi) is 3.31. The second-order valence-electron chi connectivity index (χ2n) is 7.55. The van der Waals surface area contributed by atoms with Crippen molar-refractivity contribution < 1.29 is 23.2 Å². The van der Waals surface area contributed by atoms with Crippen molar-refractivity contribution in [2.75, 3.05) is 26.2 Å². The lowest BCUT2D eigenvalue weighted by Gasteiger charge is -2.44. The first kappa shape index (κ1) is 16.5. The number of carbonyl (C=O) groups excluding carboxylic acids is 3. The van der Waals surface area contributed by atoms with Crippen LogP contribution in [0.3, 0.4) is 0 Å². The van der Waals surface area contributed by atoms with E-state index in [4.69, 9.17) is 0 Å². The van der Waals surface area contributed by atoms with Crippen LogP contribution in [-0.2, 0) is 14.4 Å². The number of hydrogen-bond donors (Lipinski definition) is 0. The fourth-order valence-corrected chi connectivity index (χ4v) is 4.25. The summed E-state index contributed by atoms with van der Waals surface area (Å²) < 4.78 is 26.9. The molecule has 4 fully saturated rings. The van der Waals surface area contributed by atoms with Gasteiger partial charge in [-0.2, -0.15) is 0 Å². The number of rotatable bonds is 3. The Morgan fingerprint density at radius 1 is 1.04 bits per heavy atom. The normalized spacial score (nSPS) is 28.2. The zero-order valence-electron chi connectivity index (χ0n) is 14.0. The molecule has 25 heavy (non-hydrogen) atoms. The van der Waals surface area contributed by atoms with Gasteiger partial charge in [0, 0.05) is 26.1 Å². The van der Waals surface area contributed by atoms with E-state index in [1.54, 1.807) is 9.80 Å². The monoisotopic (exact) mass is 353 g/mol. The molecule has 2 heterocycles. The standard InChI is InChI=1S/C17H21F2N3O3/c1-2-12(23)21-9-10-22(14(25)16(21)5-6-16)15(3-4-15)13(24)20-8-7-17(18,19)11-20/h2H,1,3-11H2. The molecule has 2 aliphatic carbocycles. The first-order valence-corrected chi connectivity index (χ1v) is 8.69. The average molecular weight is 353 g/mol. The van der Waals surface area contributed by atoms with Crippen LogP contribution in [0.25, 0.3) is 0 Å². The quantitative estimate of drug-likeness (QED) is 0.705. The number of halogens is 2. The average Bonchev–Trinajstić information content (AvgIpc) is 3.48. The Hall–Kier alpha value is -1.99. The van der Waals surface area contributed by atoms with Crippen LogP contribution in [0.2, 0.25) is 0 Å². The lowest BCUT2D eigenvalue weighted by molar-refractivity contribution is -0.160. The third-order valence-electron chi connectivity index (χ3n) is 5.97. The summed E-state index contributed by atoms with van der Waals surface area (Å²) in [5, 5.41) is 0. The maximum atomic E-state index is 13.5. The number of nitrogens with zero attached hydrogens (tertiary/aromatic N) is 3. The first-order chi connectivity index (χ1) is 11.8. The van der Waals surface area contributed by atoms with E-state index in [2.05, 4.69) is 6.58 Å². The molecule has 1 spiro atoms. The molecule has 0 atom stereocenters. The molecule has 0 aromatic carbocycles. The number of alkyl halides is 2. The molecule has 6 nitrogen and oxygen atoms in total. The van der Waals surface area contributed by atoms with Crippen LogP contribution in [0, 0.1) is 0 Å². The predicted octanol–water partition coefficient (Wildman–Crippen LogP) is 0.776. The van der Waals surface area contributed by atoms with Crippen LogP contribution < -0.4 is 0 Å². The topological polar surface area (TPSA) is 60.9 Å². The number of hydrogen-bond acceptors (Lipinski definition) is 3. The maximum absolute atomic E-state index is 13.5. The molecule has 0 N–H and O–H groups in total. The van der Waals surface area contributed by atoms with Gasteiger partial charge in [-0.1, -0.05) is 6.58 Å². The van der Waals surface area contributed by atoms with E-state index in [0.717, 1.165) is 0 Å². The van der Waals surface area contributed by atoms with E-state index in [1.807, 2.05) is 0 Å². The van der Waals surface area contributed by atoms with E-state index in [1.165, 1.54) is 11.0 Å². The molecular formula is C17H21F2N3O3. The molecule has 2 saturated heterocycles. The van der Waals surface area contributed by atoms with Crippen LogP contribution in [0.5, 0.6) is 0 Å². The zero-order chi connectivity index (χ0) is 18.0. The predicted molar refractivity (Wildman–Crippen MR) is 83.7 cm³/mol. The number of piperazine rings is 1. The molecule has 4 aliphatic rings. The van der Waals surface area contributed by atoms with Gasteiger partial charge in [-0.15, -0.1) is 0 Å². The minimum Gasteiger partial charge on any atom is -0.334 e. The molecule has 0 aromatic rings. The molecule has 136 valence electrons. The molecule has 0 bridgehead atoms. The van der Waals surface area contributed by atoms with Crippen molar-refractivity contribution in [3.8, 4) is 0 Å². The van der Waals surface area contributed by atoms with E-state index >= 15 is 0 Å². The number of amides is 3. The Bertz CT molecular complexity index is 670. The summed E-state index contributed by atoms with van der Waals surface area (Å²) >= 11 is 0. The van der Waals surface area contributed by atoms with E-state index in [0.29, 0.717) is 32.2 Å². The minimum atomic E-state index is -2.84. The highest BCUT2D eigenvalue weighted by molar-refractivity contribution is 6.02. The molecule has 8 heteroatoms. The number of carbonyl (C=O) groups is 3. The van der Waals surface area contributed by atoms with Gasteiger partial charge in [0.15, 0.2) is 0 Å². The highest BCUT2D eigenvalue weighted by Gasteiger charge is 2.67. The van der Waals surface area contributed by atoms with Gasteiger partial charge in [0.05, 0.1) is 6.54 Å². The lowest BCUT2D eigenvalue weighted by atomic mass is 10.0. The van der Waals surface area contributed by atoms with Gasteiger partial charge in [-0.05, 0) is 31.8 Å². The van der Waals surface area contributed by atoms with Crippen molar-refractivity contribution in [3.63, 3.8) is 0 Å². The van der Waals surface area contributed by atoms with Gasteiger partial charge >= 0.3 is 0 Å². The summed E-state index contributed by atoms with van der Waals surface area (Å²) in [6.45, 7) is 3.55. The Labute approximate surface area is 144 Å². The van der Waals surface area contributed by atoms with Crippen LogP contribution in [0.4, 0.5) is 8.78 Å². The van der Waals surface area contributed by atoms with Crippen molar-refractivity contribution in [3.05, 3.63) is 12.7 Å². The van der Waals surface area contributed by atoms with Crippen LogP contribution in [0.1, 0.15) is 32.1 Å². The van der Waals surface area contributed by atoms with Crippen molar-refractivity contribution >= 4 is 17.7 Å². The summed E-state index contributed by atoms with van der Waals surface area (Å²) in [4.78, 5) is 42.3. The molecule has 0 unspecified atom stereocenters. The lowest BCUT2D eigenvalue weighted by Crippen LogP contribution is -2.65. The third kappa shape index (κ3) is 2.29. The summed E-state index contributed by atoms with van der Waals surface area (Å²) in [7, 11) is 0. The van der Waals surface area contributed by atoms with Gasteiger partial charge in [0.25, 0.3) is 5.92 Å². The summed E-state index contributed by atoms with van der Waals surface area (Å²) in [6.07, 6.45) is 3.04. The number of likely N-dealkylation sites (tertiary alicyclic amines) is 1. The second kappa shape index (κ2) is 5.02. The first-order valence-electron chi connectivity index (χ1n) is 8.69. The molecule has 3 amide bonds.